The van der Waals surface area contributed by atoms with Crippen LogP contribution >= 0.6 is 22.9 Å². The number of carbonyl (C=O) groups is 2. The molecule has 1 aromatic heterocycles. The molecule has 3 rings (SSSR count). The Balaban J connectivity index is 1.75. The molecule has 2 amide bonds. The second kappa shape index (κ2) is 11.2. The second-order valence-electron chi connectivity index (χ2n) is 8.73. The normalized spacial score (nSPS) is 15.6. The summed E-state index contributed by atoms with van der Waals surface area (Å²) in [7, 11) is 0. The molecule has 1 aliphatic rings. The topological polar surface area (TPSA) is 49.9 Å². The minimum atomic E-state index is -0.169. The molecular weight excluding hydrogens is 444 g/mol. The van der Waals surface area contributed by atoms with E-state index in [1.165, 1.54) is 4.88 Å². The third-order valence-corrected chi connectivity index (χ3v) is 7.33. The molecule has 0 fully saturated rings. The Labute approximate surface area is 200 Å². The van der Waals surface area contributed by atoms with Gasteiger partial charge < -0.3 is 14.5 Å². The molecular formula is C25H33ClN2O3S. The van der Waals surface area contributed by atoms with E-state index < -0.39 is 0 Å². The van der Waals surface area contributed by atoms with Crippen molar-refractivity contribution >= 4 is 34.8 Å². The lowest BCUT2D eigenvalue weighted by Gasteiger charge is -2.37. The summed E-state index contributed by atoms with van der Waals surface area (Å²) >= 11 is 7.87. The van der Waals surface area contributed by atoms with Crippen molar-refractivity contribution in [2.45, 2.75) is 53.0 Å². The fraction of sp³-hybridized carbons (Fsp3) is 0.520. The van der Waals surface area contributed by atoms with Gasteiger partial charge >= 0.3 is 0 Å². The van der Waals surface area contributed by atoms with Gasteiger partial charge in [-0.3, -0.25) is 9.59 Å². The molecule has 0 aliphatic carbocycles. The van der Waals surface area contributed by atoms with Crippen molar-refractivity contribution in [2.75, 3.05) is 26.2 Å². The smallest absolute Gasteiger partial charge is 0.242 e. The Hall–Kier alpha value is -2.05. The van der Waals surface area contributed by atoms with E-state index in [0.717, 1.165) is 29.7 Å². The van der Waals surface area contributed by atoms with Crippen LogP contribution in [0.25, 0.3) is 0 Å². The van der Waals surface area contributed by atoms with E-state index in [0.29, 0.717) is 37.1 Å². The van der Waals surface area contributed by atoms with Crippen LogP contribution in [0.1, 0.15) is 55.7 Å². The number of carbonyl (C=O) groups excluding carboxylic acids is 2. The summed E-state index contributed by atoms with van der Waals surface area (Å²) in [4.78, 5) is 30.8. The van der Waals surface area contributed by atoms with Gasteiger partial charge in [-0.15, -0.1) is 11.3 Å². The summed E-state index contributed by atoms with van der Waals surface area (Å²) in [6.07, 6.45) is 2.13. The molecule has 32 heavy (non-hydrogen) atoms. The third kappa shape index (κ3) is 6.04. The number of ether oxygens (including phenoxy) is 1. The van der Waals surface area contributed by atoms with E-state index in [1.807, 2.05) is 36.9 Å². The predicted octanol–water partition coefficient (Wildman–Crippen LogP) is 5.50. The van der Waals surface area contributed by atoms with Gasteiger partial charge in [-0.1, -0.05) is 32.4 Å². The zero-order chi connectivity index (χ0) is 23.3. The van der Waals surface area contributed by atoms with E-state index in [2.05, 4.69) is 25.3 Å². The van der Waals surface area contributed by atoms with E-state index in [9.17, 15) is 9.59 Å². The predicted molar refractivity (Wildman–Crippen MR) is 130 cm³/mol. The number of benzene rings is 1. The highest BCUT2D eigenvalue weighted by atomic mass is 35.5. The highest BCUT2D eigenvalue weighted by molar-refractivity contribution is 7.10. The maximum atomic E-state index is 13.4. The molecule has 1 aliphatic heterocycles. The SMILES string of the molecule is CCC(=O)N(CCC(C)C)CC(=O)N1CCc2sccc2[C@@H]1COc1ccc(Cl)c(C)c1. The van der Waals surface area contributed by atoms with Crippen LogP contribution in [0.3, 0.4) is 0 Å². The maximum Gasteiger partial charge on any atom is 0.242 e. The van der Waals surface area contributed by atoms with Gasteiger partial charge in [0, 0.05) is 29.4 Å². The van der Waals surface area contributed by atoms with Crippen LogP contribution in [0.2, 0.25) is 5.02 Å². The summed E-state index contributed by atoms with van der Waals surface area (Å²) in [5.74, 6) is 1.22. The van der Waals surface area contributed by atoms with Crippen molar-refractivity contribution in [3.63, 3.8) is 0 Å². The summed E-state index contributed by atoms with van der Waals surface area (Å²) < 4.78 is 6.11. The van der Waals surface area contributed by atoms with Crippen molar-refractivity contribution in [2.24, 2.45) is 5.92 Å². The van der Waals surface area contributed by atoms with Crippen molar-refractivity contribution in [3.8, 4) is 5.75 Å². The molecule has 0 spiro atoms. The van der Waals surface area contributed by atoms with Crippen LogP contribution in [-0.2, 0) is 16.0 Å². The first kappa shape index (κ1) is 24.6. The maximum absolute atomic E-state index is 13.4. The van der Waals surface area contributed by atoms with Gasteiger partial charge in [-0.25, -0.2) is 0 Å². The first-order valence-electron chi connectivity index (χ1n) is 11.3. The van der Waals surface area contributed by atoms with Crippen LogP contribution < -0.4 is 4.74 Å². The number of halogens is 1. The van der Waals surface area contributed by atoms with Gasteiger partial charge in [0.15, 0.2) is 0 Å². The number of amides is 2. The summed E-state index contributed by atoms with van der Waals surface area (Å²) in [6, 6.07) is 7.52. The zero-order valence-corrected chi connectivity index (χ0v) is 21.0. The zero-order valence-electron chi connectivity index (χ0n) is 19.4. The third-order valence-electron chi connectivity index (χ3n) is 5.91. The van der Waals surface area contributed by atoms with Crippen LogP contribution in [0.15, 0.2) is 29.6 Å². The average Bonchev–Trinajstić information content (AvgIpc) is 3.25. The Bertz CT molecular complexity index is 943. The largest absolute Gasteiger partial charge is 0.491 e. The molecule has 2 aromatic rings. The monoisotopic (exact) mass is 476 g/mol. The fourth-order valence-electron chi connectivity index (χ4n) is 3.94. The van der Waals surface area contributed by atoms with E-state index in [1.54, 1.807) is 16.2 Å². The molecule has 174 valence electrons. The van der Waals surface area contributed by atoms with Gasteiger partial charge in [0.05, 0.1) is 12.6 Å². The molecule has 1 aromatic carbocycles. The number of rotatable bonds is 9. The summed E-state index contributed by atoms with van der Waals surface area (Å²) in [5.41, 5.74) is 2.10. The average molecular weight is 477 g/mol. The van der Waals surface area contributed by atoms with Crippen molar-refractivity contribution in [1.29, 1.82) is 0 Å². The minimum Gasteiger partial charge on any atom is -0.491 e. The molecule has 0 saturated heterocycles. The molecule has 0 bridgehead atoms. The molecule has 0 saturated carbocycles. The molecule has 7 heteroatoms. The fourth-order valence-corrected chi connectivity index (χ4v) is 4.99. The summed E-state index contributed by atoms with van der Waals surface area (Å²) in [6.45, 7) is 9.78. The standard InChI is InChI=1S/C25H33ClN2O3S/c1-5-24(29)27(11-8-17(2)3)15-25(30)28-12-9-23-20(10-13-32-23)22(28)16-31-19-6-7-21(26)18(4)14-19/h6-7,10,13-14,17,22H,5,8-9,11-12,15-16H2,1-4H3/t22-/m0/s1. The van der Waals surface area contributed by atoms with E-state index >= 15 is 0 Å². The second-order valence-corrected chi connectivity index (χ2v) is 10.1. The Morgan fingerprint density at radius 2 is 2.09 bits per heavy atom. The van der Waals surface area contributed by atoms with Crippen LogP contribution in [-0.4, -0.2) is 47.9 Å². The van der Waals surface area contributed by atoms with Gasteiger partial charge in [0.2, 0.25) is 11.8 Å². The van der Waals surface area contributed by atoms with Gasteiger partial charge in [-0.2, -0.15) is 0 Å². The number of hydrogen-bond donors (Lipinski definition) is 0. The number of aryl methyl sites for hydroxylation is 1. The summed E-state index contributed by atoms with van der Waals surface area (Å²) in [5, 5.41) is 2.78. The first-order chi connectivity index (χ1) is 15.3. The molecule has 0 radical (unpaired) electrons. The van der Waals surface area contributed by atoms with Gasteiger partial charge in [0.25, 0.3) is 0 Å². The molecule has 2 heterocycles. The lowest BCUT2D eigenvalue weighted by molar-refractivity contribution is -0.142. The lowest BCUT2D eigenvalue weighted by Crippen LogP contribution is -2.48. The molecule has 5 nitrogen and oxygen atoms in total. The molecule has 0 unspecified atom stereocenters. The number of fused-ring (bicyclic) bond motifs is 1. The van der Waals surface area contributed by atoms with E-state index in [4.69, 9.17) is 16.3 Å². The van der Waals surface area contributed by atoms with Crippen LogP contribution in [0.4, 0.5) is 0 Å². The highest BCUT2D eigenvalue weighted by Gasteiger charge is 2.33. The lowest BCUT2D eigenvalue weighted by atomic mass is 10.00. The Morgan fingerprint density at radius 1 is 1.31 bits per heavy atom. The number of thiophene rings is 1. The minimum absolute atomic E-state index is 0.0201. The van der Waals surface area contributed by atoms with Crippen LogP contribution in [0.5, 0.6) is 5.75 Å². The van der Waals surface area contributed by atoms with Gasteiger partial charge in [-0.05, 0) is 66.5 Å². The van der Waals surface area contributed by atoms with Crippen LogP contribution in [0, 0.1) is 12.8 Å². The van der Waals surface area contributed by atoms with Crippen molar-refractivity contribution in [1.82, 2.24) is 9.80 Å². The molecule has 0 N–H and O–H groups in total. The first-order valence-corrected chi connectivity index (χ1v) is 12.6. The highest BCUT2D eigenvalue weighted by Crippen LogP contribution is 2.34. The number of nitrogens with zero attached hydrogens (tertiary/aromatic N) is 2. The Morgan fingerprint density at radius 3 is 2.78 bits per heavy atom. The Kier molecular flexibility index (Phi) is 8.60. The molecule has 1 atom stereocenters. The van der Waals surface area contributed by atoms with Crippen molar-refractivity contribution in [3.05, 3.63) is 50.7 Å². The number of hydrogen-bond acceptors (Lipinski definition) is 4. The van der Waals surface area contributed by atoms with Crippen molar-refractivity contribution < 1.29 is 14.3 Å². The van der Waals surface area contributed by atoms with Gasteiger partial charge in [0.1, 0.15) is 12.4 Å². The van der Waals surface area contributed by atoms with E-state index in [-0.39, 0.29) is 24.4 Å². The quantitative estimate of drug-likeness (QED) is 0.480.